The van der Waals surface area contributed by atoms with Gasteiger partial charge in [-0.2, -0.15) is 0 Å². The maximum Gasteiger partial charge on any atom is 0.317 e. The summed E-state index contributed by atoms with van der Waals surface area (Å²) in [5.41, 5.74) is 0.654. The molecule has 0 unspecified atom stereocenters. The summed E-state index contributed by atoms with van der Waals surface area (Å²) in [6.45, 7) is 4.76. The lowest BCUT2D eigenvalue weighted by Gasteiger charge is -2.32. The average molecular weight is 386 g/mol. The summed E-state index contributed by atoms with van der Waals surface area (Å²) in [4.78, 5) is 28.6. The zero-order chi connectivity index (χ0) is 19.6. The smallest absolute Gasteiger partial charge is 0.317 e. The second-order valence-electron chi connectivity index (χ2n) is 8.82. The van der Waals surface area contributed by atoms with Crippen molar-refractivity contribution in [2.45, 2.75) is 38.6 Å². The number of nitrogens with zero attached hydrogens (tertiary/aromatic N) is 2. The first-order valence-electron chi connectivity index (χ1n) is 10.6. The lowest BCUT2D eigenvalue weighted by Crippen LogP contribution is -2.44. The molecule has 0 radical (unpaired) electrons. The van der Waals surface area contributed by atoms with Gasteiger partial charge in [-0.25, -0.2) is 4.79 Å². The molecule has 3 fully saturated rings. The number of hydrogen-bond acceptors (Lipinski definition) is 3. The van der Waals surface area contributed by atoms with Gasteiger partial charge in [0.1, 0.15) is 0 Å². The fourth-order valence-electron chi connectivity index (χ4n) is 5.33. The van der Waals surface area contributed by atoms with E-state index in [-0.39, 0.29) is 11.9 Å². The Bertz CT molecular complexity index is 702. The van der Waals surface area contributed by atoms with Crippen molar-refractivity contribution in [2.75, 3.05) is 32.7 Å². The number of likely N-dealkylation sites (tertiary alicyclic amines) is 2. The van der Waals surface area contributed by atoms with Gasteiger partial charge in [0, 0.05) is 26.2 Å². The number of carbonyl (C=O) groups excluding carboxylic acids is 1. The fraction of sp³-hybridized carbons (Fsp3) is 0.636. The van der Waals surface area contributed by atoms with E-state index >= 15 is 0 Å². The van der Waals surface area contributed by atoms with Gasteiger partial charge in [-0.3, -0.25) is 9.69 Å². The molecule has 2 aliphatic heterocycles. The Morgan fingerprint density at radius 1 is 1.14 bits per heavy atom. The number of benzene rings is 1. The van der Waals surface area contributed by atoms with Gasteiger partial charge in [-0.1, -0.05) is 36.8 Å². The zero-order valence-electron chi connectivity index (χ0n) is 16.5. The van der Waals surface area contributed by atoms with Crippen molar-refractivity contribution in [2.24, 2.45) is 17.3 Å². The van der Waals surface area contributed by atoms with E-state index < -0.39 is 11.4 Å². The van der Waals surface area contributed by atoms with Crippen LogP contribution >= 0.6 is 0 Å². The maximum absolute atomic E-state index is 12.6. The van der Waals surface area contributed by atoms with E-state index in [0.717, 1.165) is 45.3 Å². The Morgan fingerprint density at radius 2 is 1.89 bits per heavy atom. The number of rotatable bonds is 5. The molecule has 1 saturated carbocycles. The van der Waals surface area contributed by atoms with E-state index in [9.17, 15) is 14.7 Å². The third-order valence-corrected chi connectivity index (χ3v) is 7.08. The number of urea groups is 1. The van der Waals surface area contributed by atoms with Crippen LogP contribution in [0.4, 0.5) is 4.79 Å². The first-order chi connectivity index (χ1) is 13.6. The van der Waals surface area contributed by atoms with Crippen LogP contribution in [-0.4, -0.2) is 59.6 Å². The molecule has 28 heavy (non-hydrogen) atoms. The predicted molar refractivity (Wildman–Crippen MR) is 107 cm³/mol. The van der Waals surface area contributed by atoms with Crippen LogP contribution < -0.4 is 5.32 Å². The highest BCUT2D eigenvalue weighted by molar-refractivity contribution is 5.80. The standard InChI is InChI=1S/C22H31N3O3/c26-20(27)22-10-4-7-19(22)15-25(16-22)21(28)23-13-17-8-11-24(12-9-17)14-18-5-2-1-3-6-18/h1-3,5-6,17,19H,4,7-16H2,(H,23,28)(H,26,27)/t19-,22+/m0/s1. The van der Waals surface area contributed by atoms with Crippen molar-refractivity contribution in [3.63, 3.8) is 0 Å². The lowest BCUT2D eigenvalue weighted by molar-refractivity contribution is -0.149. The molecular formula is C22H31N3O3. The summed E-state index contributed by atoms with van der Waals surface area (Å²) in [6.07, 6.45) is 4.78. The number of amides is 2. The van der Waals surface area contributed by atoms with Crippen LogP contribution in [0.3, 0.4) is 0 Å². The molecule has 2 saturated heterocycles. The minimum absolute atomic E-state index is 0.0817. The quantitative estimate of drug-likeness (QED) is 0.818. The van der Waals surface area contributed by atoms with Crippen LogP contribution in [0.15, 0.2) is 30.3 Å². The first-order valence-corrected chi connectivity index (χ1v) is 10.6. The Morgan fingerprint density at radius 3 is 2.57 bits per heavy atom. The third kappa shape index (κ3) is 3.88. The summed E-state index contributed by atoms with van der Waals surface area (Å²) in [5.74, 6) is -0.0976. The minimum atomic E-state index is -0.726. The summed E-state index contributed by atoms with van der Waals surface area (Å²) < 4.78 is 0. The van der Waals surface area contributed by atoms with Gasteiger partial charge in [0.25, 0.3) is 0 Å². The van der Waals surface area contributed by atoms with Crippen LogP contribution in [0.1, 0.15) is 37.7 Å². The normalized spacial score (nSPS) is 28.3. The molecule has 6 heteroatoms. The van der Waals surface area contributed by atoms with E-state index in [0.29, 0.717) is 32.0 Å². The van der Waals surface area contributed by atoms with Crippen LogP contribution in [0.25, 0.3) is 0 Å². The van der Waals surface area contributed by atoms with Gasteiger partial charge in [0.05, 0.1) is 5.41 Å². The molecule has 2 heterocycles. The van der Waals surface area contributed by atoms with Gasteiger partial charge >= 0.3 is 12.0 Å². The van der Waals surface area contributed by atoms with Crippen LogP contribution in [0.5, 0.6) is 0 Å². The Hall–Kier alpha value is -2.08. The molecule has 6 nitrogen and oxygen atoms in total. The molecule has 1 aliphatic carbocycles. The second kappa shape index (κ2) is 8.11. The Kier molecular flexibility index (Phi) is 5.58. The van der Waals surface area contributed by atoms with Gasteiger partial charge in [-0.15, -0.1) is 0 Å². The highest BCUT2D eigenvalue weighted by atomic mass is 16.4. The highest BCUT2D eigenvalue weighted by Gasteiger charge is 2.55. The predicted octanol–water partition coefficient (Wildman–Crippen LogP) is 2.79. The summed E-state index contributed by atoms with van der Waals surface area (Å²) in [5, 5.41) is 12.8. The van der Waals surface area contributed by atoms with E-state index in [1.165, 1.54) is 5.56 Å². The molecule has 3 aliphatic rings. The summed E-state index contributed by atoms with van der Waals surface area (Å²) >= 11 is 0. The number of carbonyl (C=O) groups is 2. The number of hydrogen-bond donors (Lipinski definition) is 2. The van der Waals surface area contributed by atoms with Crippen LogP contribution in [0, 0.1) is 17.3 Å². The topological polar surface area (TPSA) is 72.9 Å². The van der Waals surface area contributed by atoms with Crippen molar-refractivity contribution in [1.29, 1.82) is 0 Å². The SMILES string of the molecule is O=C(NCC1CCN(Cc2ccccc2)CC1)N1C[C@@H]2CCC[C@@]2(C(=O)O)C1. The lowest BCUT2D eigenvalue weighted by atomic mass is 9.81. The van der Waals surface area contributed by atoms with Gasteiger partial charge < -0.3 is 15.3 Å². The number of carboxylic acids is 1. The third-order valence-electron chi connectivity index (χ3n) is 7.08. The van der Waals surface area contributed by atoms with Gasteiger partial charge in [0.2, 0.25) is 0 Å². The minimum Gasteiger partial charge on any atom is -0.481 e. The molecule has 0 bridgehead atoms. The fourth-order valence-corrected chi connectivity index (χ4v) is 5.33. The molecule has 1 aromatic rings. The van der Waals surface area contributed by atoms with Gasteiger partial charge in [-0.05, 0) is 56.2 Å². The summed E-state index contributed by atoms with van der Waals surface area (Å²) in [6, 6.07) is 10.5. The van der Waals surface area contributed by atoms with E-state index in [4.69, 9.17) is 0 Å². The van der Waals surface area contributed by atoms with E-state index in [1.807, 2.05) is 6.07 Å². The molecule has 2 atom stereocenters. The zero-order valence-corrected chi connectivity index (χ0v) is 16.5. The molecule has 2 N–H and O–H groups in total. The Balaban J connectivity index is 1.21. The Labute approximate surface area is 166 Å². The molecule has 0 aromatic heterocycles. The molecule has 2 amide bonds. The van der Waals surface area contributed by atoms with Crippen molar-refractivity contribution >= 4 is 12.0 Å². The molecule has 0 spiro atoms. The first kappa shape index (κ1) is 19.2. The maximum atomic E-state index is 12.6. The molecule has 152 valence electrons. The van der Waals surface area contributed by atoms with E-state index in [2.05, 4.69) is 34.5 Å². The number of piperidine rings is 1. The van der Waals surface area contributed by atoms with Crippen molar-refractivity contribution < 1.29 is 14.7 Å². The number of carboxylic acid groups (broad SMARTS) is 1. The largest absolute Gasteiger partial charge is 0.481 e. The molecule has 1 aromatic carbocycles. The number of aliphatic carboxylic acids is 1. The van der Waals surface area contributed by atoms with Crippen LogP contribution in [-0.2, 0) is 11.3 Å². The second-order valence-corrected chi connectivity index (χ2v) is 8.82. The van der Waals surface area contributed by atoms with Crippen molar-refractivity contribution in [3.8, 4) is 0 Å². The number of fused-ring (bicyclic) bond motifs is 1. The van der Waals surface area contributed by atoms with E-state index in [1.54, 1.807) is 4.90 Å². The highest BCUT2D eigenvalue weighted by Crippen LogP contribution is 2.48. The number of nitrogens with one attached hydrogen (secondary N) is 1. The summed E-state index contributed by atoms with van der Waals surface area (Å²) in [7, 11) is 0. The van der Waals surface area contributed by atoms with Crippen molar-refractivity contribution in [3.05, 3.63) is 35.9 Å². The van der Waals surface area contributed by atoms with Gasteiger partial charge in [0.15, 0.2) is 0 Å². The average Bonchev–Trinajstić information content (AvgIpc) is 3.27. The van der Waals surface area contributed by atoms with Crippen LogP contribution in [0.2, 0.25) is 0 Å². The van der Waals surface area contributed by atoms with Crippen molar-refractivity contribution in [1.82, 2.24) is 15.1 Å². The molecular weight excluding hydrogens is 354 g/mol. The monoisotopic (exact) mass is 385 g/mol. The molecule has 4 rings (SSSR count).